The maximum atomic E-state index is 11.5. The Hall–Kier alpha value is -0.240. The van der Waals surface area contributed by atoms with Gasteiger partial charge in [-0.15, -0.1) is 11.6 Å². The summed E-state index contributed by atoms with van der Waals surface area (Å²) in [6.07, 6.45) is 0.860. The molecule has 0 bridgehead atoms. The Bertz CT molecular complexity index is 178. The first-order valence-electron chi connectivity index (χ1n) is 4.77. The molecule has 0 aliphatic rings. The number of rotatable bonds is 4. The molecular formula is C10H20ClNO. The summed E-state index contributed by atoms with van der Waals surface area (Å²) >= 11 is 5.95. The van der Waals surface area contributed by atoms with E-state index in [0.717, 1.165) is 6.42 Å². The van der Waals surface area contributed by atoms with Crippen molar-refractivity contribution in [2.24, 2.45) is 5.92 Å². The van der Waals surface area contributed by atoms with Gasteiger partial charge in [0.2, 0.25) is 5.91 Å². The predicted octanol–water partition coefficient (Wildman–Crippen LogP) is 2.55. The average molecular weight is 206 g/mol. The van der Waals surface area contributed by atoms with E-state index in [4.69, 9.17) is 11.6 Å². The molecule has 0 radical (unpaired) electrons. The molecule has 0 rings (SSSR count). The molecule has 0 heterocycles. The maximum Gasteiger partial charge on any atom is 0.223 e. The third-order valence-corrected chi connectivity index (χ3v) is 3.05. The van der Waals surface area contributed by atoms with Gasteiger partial charge in [0.25, 0.3) is 0 Å². The van der Waals surface area contributed by atoms with Crippen molar-refractivity contribution in [1.82, 2.24) is 5.32 Å². The Morgan fingerprint density at radius 2 is 1.92 bits per heavy atom. The van der Waals surface area contributed by atoms with E-state index in [1.807, 2.05) is 34.6 Å². The lowest BCUT2D eigenvalue weighted by atomic mass is 9.99. The van der Waals surface area contributed by atoms with Crippen molar-refractivity contribution >= 4 is 17.5 Å². The Morgan fingerprint density at radius 1 is 1.46 bits per heavy atom. The predicted molar refractivity (Wildman–Crippen MR) is 57.0 cm³/mol. The minimum absolute atomic E-state index is 0.0645. The molecule has 0 spiro atoms. The highest BCUT2D eigenvalue weighted by Crippen LogP contribution is 2.15. The second-order valence-electron chi connectivity index (χ2n) is 4.14. The first-order chi connectivity index (χ1) is 5.81. The lowest BCUT2D eigenvalue weighted by molar-refractivity contribution is -0.126. The van der Waals surface area contributed by atoms with E-state index in [2.05, 4.69) is 5.32 Å². The number of alkyl halides is 1. The highest BCUT2D eigenvalue weighted by atomic mass is 35.5. The summed E-state index contributed by atoms with van der Waals surface area (Å²) in [5.41, 5.74) is -0.331. The fourth-order valence-corrected chi connectivity index (χ4v) is 0.780. The van der Waals surface area contributed by atoms with E-state index in [1.165, 1.54) is 0 Å². The van der Waals surface area contributed by atoms with Crippen LogP contribution in [0.4, 0.5) is 0 Å². The molecule has 0 aromatic carbocycles. The second kappa shape index (κ2) is 4.85. The van der Waals surface area contributed by atoms with Gasteiger partial charge < -0.3 is 5.32 Å². The molecule has 1 N–H and O–H groups in total. The van der Waals surface area contributed by atoms with Crippen LogP contribution < -0.4 is 5.32 Å². The van der Waals surface area contributed by atoms with Crippen LogP contribution in [0.1, 0.15) is 41.0 Å². The molecule has 0 aromatic rings. The van der Waals surface area contributed by atoms with Crippen molar-refractivity contribution in [2.75, 3.05) is 0 Å². The molecule has 3 heteroatoms. The molecule has 0 aromatic heterocycles. The monoisotopic (exact) mass is 205 g/mol. The van der Waals surface area contributed by atoms with Crippen molar-refractivity contribution in [3.8, 4) is 0 Å². The molecule has 1 amide bonds. The number of nitrogens with one attached hydrogen (secondary N) is 1. The van der Waals surface area contributed by atoms with Crippen LogP contribution in [-0.2, 0) is 4.79 Å². The standard InChI is InChI=1S/C10H20ClNO/c1-6-7(2)9(13)12-10(4,5)8(3)11/h7-8H,6H2,1-5H3,(H,12,13). The molecule has 0 saturated heterocycles. The molecular weight excluding hydrogens is 186 g/mol. The van der Waals surface area contributed by atoms with E-state index in [-0.39, 0.29) is 22.7 Å². The molecule has 13 heavy (non-hydrogen) atoms. The molecule has 0 aliphatic carbocycles. The molecule has 2 unspecified atom stereocenters. The van der Waals surface area contributed by atoms with Gasteiger partial charge in [-0.1, -0.05) is 13.8 Å². The number of halogens is 1. The highest BCUT2D eigenvalue weighted by molar-refractivity contribution is 6.21. The Morgan fingerprint density at radius 3 is 2.23 bits per heavy atom. The van der Waals surface area contributed by atoms with Gasteiger partial charge in [0, 0.05) is 5.92 Å². The van der Waals surface area contributed by atoms with Gasteiger partial charge in [0.1, 0.15) is 0 Å². The molecule has 2 atom stereocenters. The zero-order valence-electron chi connectivity index (χ0n) is 9.15. The summed E-state index contributed by atoms with van der Waals surface area (Å²) in [5, 5.41) is 2.87. The zero-order valence-corrected chi connectivity index (χ0v) is 9.90. The Balaban J connectivity index is 4.19. The van der Waals surface area contributed by atoms with E-state index in [9.17, 15) is 4.79 Å². The average Bonchev–Trinajstić information content (AvgIpc) is 2.01. The lowest BCUT2D eigenvalue weighted by Gasteiger charge is -2.30. The van der Waals surface area contributed by atoms with Crippen molar-refractivity contribution < 1.29 is 4.79 Å². The van der Waals surface area contributed by atoms with Crippen molar-refractivity contribution in [3.05, 3.63) is 0 Å². The third kappa shape index (κ3) is 3.99. The quantitative estimate of drug-likeness (QED) is 0.703. The van der Waals surface area contributed by atoms with Crippen LogP contribution in [0.5, 0.6) is 0 Å². The summed E-state index contributed by atoms with van der Waals surface area (Å²) in [5.74, 6) is 0.148. The molecule has 2 nitrogen and oxygen atoms in total. The lowest BCUT2D eigenvalue weighted by Crippen LogP contribution is -2.50. The number of hydrogen-bond donors (Lipinski definition) is 1. The molecule has 0 aliphatic heterocycles. The van der Waals surface area contributed by atoms with Crippen molar-refractivity contribution in [3.63, 3.8) is 0 Å². The van der Waals surface area contributed by atoms with Gasteiger partial charge in [-0.2, -0.15) is 0 Å². The van der Waals surface area contributed by atoms with E-state index in [1.54, 1.807) is 0 Å². The number of hydrogen-bond acceptors (Lipinski definition) is 1. The first-order valence-corrected chi connectivity index (χ1v) is 5.21. The Labute approximate surface area is 86.0 Å². The van der Waals surface area contributed by atoms with Crippen LogP contribution in [0.2, 0.25) is 0 Å². The Kier molecular flexibility index (Phi) is 4.76. The highest BCUT2D eigenvalue weighted by Gasteiger charge is 2.27. The van der Waals surface area contributed by atoms with E-state index in [0.29, 0.717) is 0 Å². The summed E-state index contributed by atoms with van der Waals surface area (Å²) in [6, 6.07) is 0. The molecule has 78 valence electrons. The second-order valence-corrected chi connectivity index (χ2v) is 4.79. The van der Waals surface area contributed by atoms with Crippen molar-refractivity contribution in [2.45, 2.75) is 52.0 Å². The largest absolute Gasteiger partial charge is 0.350 e. The van der Waals surface area contributed by atoms with Gasteiger partial charge in [-0.25, -0.2) is 0 Å². The zero-order chi connectivity index (χ0) is 10.6. The SMILES string of the molecule is CCC(C)C(=O)NC(C)(C)C(C)Cl. The van der Waals surface area contributed by atoms with Crippen LogP contribution in [0.15, 0.2) is 0 Å². The van der Waals surface area contributed by atoms with Crippen LogP contribution in [-0.4, -0.2) is 16.8 Å². The molecule has 0 saturated carbocycles. The summed E-state index contributed by atoms with van der Waals surface area (Å²) in [6.45, 7) is 9.68. The fourth-order valence-electron chi connectivity index (χ4n) is 0.726. The van der Waals surface area contributed by atoms with Gasteiger partial charge in [0.15, 0.2) is 0 Å². The van der Waals surface area contributed by atoms with Gasteiger partial charge >= 0.3 is 0 Å². The third-order valence-electron chi connectivity index (χ3n) is 2.50. The van der Waals surface area contributed by atoms with E-state index >= 15 is 0 Å². The maximum absolute atomic E-state index is 11.5. The minimum atomic E-state index is -0.331. The summed E-state index contributed by atoms with van der Waals surface area (Å²) in [4.78, 5) is 11.5. The van der Waals surface area contributed by atoms with E-state index < -0.39 is 0 Å². The van der Waals surface area contributed by atoms with Crippen LogP contribution >= 0.6 is 11.6 Å². The van der Waals surface area contributed by atoms with Gasteiger partial charge in [-0.3, -0.25) is 4.79 Å². The number of carbonyl (C=O) groups excluding carboxylic acids is 1. The first kappa shape index (κ1) is 12.8. The normalized spacial score (nSPS) is 16.5. The minimum Gasteiger partial charge on any atom is -0.350 e. The van der Waals surface area contributed by atoms with Crippen LogP contribution in [0.25, 0.3) is 0 Å². The van der Waals surface area contributed by atoms with Crippen molar-refractivity contribution in [1.29, 1.82) is 0 Å². The van der Waals surface area contributed by atoms with Crippen LogP contribution in [0.3, 0.4) is 0 Å². The topological polar surface area (TPSA) is 29.1 Å². The molecule has 0 fully saturated rings. The van der Waals surface area contributed by atoms with Gasteiger partial charge in [-0.05, 0) is 27.2 Å². The fraction of sp³-hybridized carbons (Fsp3) is 0.900. The summed E-state index contributed by atoms with van der Waals surface area (Å²) in [7, 11) is 0. The smallest absolute Gasteiger partial charge is 0.223 e. The van der Waals surface area contributed by atoms with Crippen LogP contribution in [0, 0.1) is 5.92 Å². The number of carbonyl (C=O) groups is 1. The summed E-state index contributed by atoms with van der Waals surface area (Å²) < 4.78 is 0. The van der Waals surface area contributed by atoms with Gasteiger partial charge in [0.05, 0.1) is 10.9 Å². The number of amides is 1.